The van der Waals surface area contributed by atoms with Gasteiger partial charge in [0.25, 0.3) is 0 Å². The second-order valence-electron chi connectivity index (χ2n) is 10.8. The molecule has 0 aromatic heterocycles. The highest BCUT2D eigenvalue weighted by molar-refractivity contribution is 5.42. The Bertz CT molecular complexity index is 654. The van der Waals surface area contributed by atoms with Gasteiger partial charge in [-0.25, -0.2) is 0 Å². The maximum absolute atomic E-state index is 2.83. The monoisotopic (exact) mass is 367 g/mol. The zero-order chi connectivity index (χ0) is 19.1. The SMILES string of the molecule is CC(C)c1ccc2c(c1)CCC1[C@](C)(CN3CCCCCC3)CCC[C@]21C. The fourth-order valence-corrected chi connectivity index (χ4v) is 7.00. The molecule has 0 amide bonds. The second kappa shape index (κ2) is 7.54. The van der Waals surface area contributed by atoms with E-state index in [1.54, 1.807) is 11.1 Å². The molecule has 3 aliphatic rings. The molecule has 2 fully saturated rings. The van der Waals surface area contributed by atoms with Gasteiger partial charge in [0, 0.05) is 6.54 Å². The topological polar surface area (TPSA) is 3.24 Å². The van der Waals surface area contributed by atoms with E-state index in [0.29, 0.717) is 16.7 Å². The summed E-state index contributed by atoms with van der Waals surface area (Å²) < 4.78 is 0. The van der Waals surface area contributed by atoms with E-state index in [0.717, 1.165) is 5.92 Å². The Morgan fingerprint density at radius 2 is 1.74 bits per heavy atom. The van der Waals surface area contributed by atoms with Crippen LogP contribution in [0.5, 0.6) is 0 Å². The van der Waals surface area contributed by atoms with Crippen molar-refractivity contribution in [2.24, 2.45) is 11.3 Å². The van der Waals surface area contributed by atoms with Crippen molar-refractivity contribution in [3.05, 3.63) is 34.9 Å². The Morgan fingerprint density at radius 3 is 2.44 bits per heavy atom. The van der Waals surface area contributed by atoms with Gasteiger partial charge in [-0.1, -0.05) is 65.2 Å². The number of hydrogen-bond acceptors (Lipinski definition) is 1. The van der Waals surface area contributed by atoms with Gasteiger partial charge >= 0.3 is 0 Å². The minimum absolute atomic E-state index is 0.391. The number of aryl methyl sites for hydroxylation is 1. The molecule has 0 spiro atoms. The Balaban J connectivity index is 1.61. The molecule has 150 valence electrons. The summed E-state index contributed by atoms with van der Waals surface area (Å²) >= 11 is 0. The molecular formula is C26H41N. The van der Waals surface area contributed by atoms with Crippen molar-refractivity contribution in [3.8, 4) is 0 Å². The number of hydrogen-bond donors (Lipinski definition) is 0. The summed E-state index contributed by atoms with van der Waals surface area (Å²) in [5.41, 5.74) is 5.77. The van der Waals surface area contributed by atoms with E-state index in [4.69, 9.17) is 0 Å². The van der Waals surface area contributed by atoms with E-state index in [1.807, 2.05) is 0 Å². The largest absolute Gasteiger partial charge is 0.303 e. The second-order valence-corrected chi connectivity index (χ2v) is 10.8. The summed E-state index contributed by atoms with van der Waals surface area (Å²) in [7, 11) is 0. The Labute approximate surface area is 167 Å². The van der Waals surface area contributed by atoms with Crippen molar-refractivity contribution >= 4 is 0 Å². The third-order valence-corrected chi connectivity index (χ3v) is 8.45. The highest BCUT2D eigenvalue weighted by atomic mass is 15.1. The number of likely N-dealkylation sites (tertiary alicyclic amines) is 1. The fourth-order valence-electron chi connectivity index (χ4n) is 7.00. The van der Waals surface area contributed by atoms with Gasteiger partial charge in [0.2, 0.25) is 0 Å². The van der Waals surface area contributed by atoms with Gasteiger partial charge in [-0.3, -0.25) is 0 Å². The maximum atomic E-state index is 2.83. The van der Waals surface area contributed by atoms with Crippen molar-refractivity contribution in [1.82, 2.24) is 4.90 Å². The predicted molar refractivity (Wildman–Crippen MR) is 117 cm³/mol. The number of benzene rings is 1. The molecule has 1 aromatic carbocycles. The summed E-state index contributed by atoms with van der Waals surface area (Å²) in [6.07, 6.45) is 12.6. The molecule has 1 aliphatic heterocycles. The van der Waals surface area contributed by atoms with Gasteiger partial charge in [0.1, 0.15) is 0 Å². The molecule has 0 bridgehead atoms. The molecule has 1 heterocycles. The Hall–Kier alpha value is -0.820. The van der Waals surface area contributed by atoms with Crippen LogP contribution >= 0.6 is 0 Å². The lowest BCUT2D eigenvalue weighted by Crippen LogP contribution is -2.53. The average molecular weight is 368 g/mol. The smallest absolute Gasteiger partial charge is 0.00383 e. The minimum atomic E-state index is 0.391. The van der Waals surface area contributed by atoms with Crippen LogP contribution in [0.1, 0.15) is 102 Å². The van der Waals surface area contributed by atoms with Gasteiger partial charge in [0.05, 0.1) is 0 Å². The van der Waals surface area contributed by atoms with Gasteiger partial charge < -0.3 is 4.90 Å². The molecule has 0 N–H and O–H groups in total. The lowest BCUT2D eigenvalue weighted by Gasteiger charge is -2.56. The highest BCUT2D eigenvalue weighted by Gasteiger charge is 2.51. The van der Waals surface area contributed by atoms with Crippen molar-refractivity contribution in [2.75, 3.05) is 19.6 Å². The molecule has 1 unspecified atom stereocenters. The predicted octanol–water partition coefficient (Wildman–Crippen LogP) is 6.70. The van der Waals surface area contributed by atoms with Crippen LogP contribution in [0.2, 0.25) is 0 Å². The molecule has 27 heavy (non-hydrogen) atoms. The molecular weight excluding hydrogens is 326 g/mol. The molecule has 1 heteroatoms. The first-order valence-electron chi connectivity index (χ1n) is 11.8. The van der Waals surface area contributed by atoms with E-state index >= 15 is 0 Å². The van der Waals surface area contributed by atoms with Crippen LogP contribution in [0.4, 0.5) is 0 Å². The third-order valence-electron chi connectivity index (χ3n) is 8.45. The van der Waals surface area contributed by atoms with Crippen LogP contribution in [0.25, 0.3) is 0 Å². The molecule has 1 nitrogen and oxygen atoms in total. The van der Waals surface area contributed by atoms with E-state index in [9.17, 15) is 0 Å². The van der Waals surface area contributed by atoms with Crippen LogP contribution in [0.15, 0.2) is 18.2 Å². The minimum Gasteiger partial charge on any atom is -0.303 e. The maximum Gasteiger partial charge on any atom is 0.00383 e. The number of nitrogens with zero attached hydrogens (tertiary/aromatic N) is 1. The highest BCUT2D eigenvalue weighted by Crippen LogP contribution is 2.57. The lowest BCUT2D eigenvalue weighted by molar-refractivity contribution is -0.00258. The molecule has 1 saturated carbocycles. The zero-order valence-corrected chi connectivity index (χ0v) is 18.3. The summed E-state index contributed by atoms with van der Waals surface area (Å²) in [4.78, 5) is 2.83. The molecule has 2 aliphatic carbocycles. The first-order valence-corrected chi connectivity index (χ1v) is 11.8. The van der Waals surface area contributed by atoms with Gasteiger partial charge in [-0.15, -0.1) is 0 Å². The summed E-state index contributed by atoms with van der Waals surface area (Å²) in [5.74, 6) is 1.49. The van der Waals surface area contributed by atoms with Gasteiger partial charge in [0.15, 0.2) is 0 Å². The third kappa shape index (κ3) is 3.61. The first-order chi connectivity index (χ1) is 12.9. The van der Waals surface area contributed by atoms with E-state index in [1.165, 1.54) is 83.0 Å². The quantitative estimate of drug-likeness (QED) is 0.575. The molecule has 1 aromatic rings. The standard InChI is InChI=1S/C26H41N/c1-20(2)21-10-12-23-22(18-21)11-13-24-25(3,14-9-15-26(23,24)4)19-27-16-7-5-6-8-17-27/h10,12,18,20,24H,5-9,11,13-17,19H2,1-4H3/t24?,25-,26+/m0/s1. The van der Waals surface area contributed by atoms with Crippen molar-refractivity contribution < 1.29 is 0 Å². The number of fused-ring (bicyclic) bond motifs is 3. The van der Waals surface area contributed by atoms with Crippen LogP contribution < -0.4 is 0 Å². The summed E-state index contributed by atoms with van der Waals surface area (Å²) in [6.45, 7) is 13.9. The van der Waals surface area contributed by atoms with Crippen LogP contribution in [-0.2, 0) is 11.8 Å². The van der Waals surface area contributed by atoms with Crippen LogP contribution in [-0.4, -0.2) is 24.5 Å². The molecule has 0 radical (unpaired) electrons. The van der Waals surface area contributed by atoms with Gasteiger partial charge in [-0.2, -0.15) is 0 Å². The number of rotatable bonds is 3. The fraction of sp³-hybridized carbons (Fsp3) is 0.769. The van der Waals surface area contributed by atoms with Crippen molar-refractivity contribution in [3.63, 3.8) is 0 Å². The Morgan fingerprint density at radius 1 is 1.00 bits per heavy atom. The Kier molecular flexibility index (Phi) is 5.45. The summed E-state index contributed by atoms with van der Waals surface area (Å²) in [5, 5.41) is 0. The van der Waals surface area contributed by atoms with Crippen molar-refractivity contribution in [2.45, 2.75) is 96.8 Å². The normalized spacial score (nSPS) is 34.8. The van der Waals surface area contributed by atoms with Gasteiger partial charge in [-0.05, 0) is 91.0 Å². The van der Waals surface area contributed by atoms with E-state index in [-0.39, 0.29) is 0 Å². The van der Waals surface area contributed by atoms with E-state index < -0.39 is 0 Å². The van der Waals surface area contributed by atoms with Crippen LogP contribution in [0, 0.1) is 11.3 Å². The summed E-state index contributed by atoms with van der Waals surface area (Å²) in [6, 6.07) is 7.49. The molecule has 4 rings (SSSR count). The van der Waals surface area contributed by atoms with E-state index in [2.05, 4.69) is 50.8 Å². The zero-order valence-electron chi connectivity index (χ0n) is 18.3. The molecule has 1 saturated heterocycles. The van der Waals surface area contributed by atoms with Crippen molar-refractivity contribution in [1.29, 1.82) is 0 Å². The average Bonchev–Trinajstić information content (AvgIpc) is 2.89. The lowest BCUT2D eigenvalue weighted by atomic mass is 9.49. The van der Waals surface area contributed by atoms with Crippen LogP contribution in [0.3, 0.4) is 0 Å². The first kappa shape index (κ1) is 19.5. The molecule has 3 atom stereocenters.